The second kappa shape index (κ2) is 9.73. The average Bonchev–Trinajstić information content (AvgIpc) is 2.85. The van der Waals surface area contributed by atoms with Crippen molar-refractivity contribution in [1.29, 1.82) is 0 Å². The van der Waals surface area contributed by atoms with Crippen molar-refractivity contribution < 1.29 is 27.1 Å². The number of amides is 1. The zero-order chi connectivity index (χ0) is 24.5. The Morgan fingerprint density at radius 3 is 2.53 bits per heavy atom. The number of carbonyl (C=O) groups excluding carboxylic acids is 2. The van der Waals surface area contributed by atoms with Crippen LogP contribution in [0.15, 0.2) is 47.4 Å². The van der Waals surface area contributed by atoms with Crippen LogP contribution in [0.2, 0.25) is 5.02 Å². The van der Waals surface area contributed by atoms with Crippen LogP contribution in [-0.2, 0) is 25.1 Å². The summed E-state index contributed by atoms with van der Waals surface area (Å²) < 4.78 is 47.5. The first-order chi connectivity index (χ1) is 16.2. The Hall–Kier alpha value is -2.33. The van der Waals surface area contributed by atoms with E-state index in [1.54, 1.807) is 24.3 Å². The highest BCUT2D eigenvalue weighted by molar-refractivity contribution is 7.89. The quantitative estimate of drug-likeness (QED) is 0.616. The largest absolute Gasteiger partial charge is 0.379 e. The normalized spacial score (nSPS) is 21.9. The van der Waals surface area contributed by atoms with Gasteiger partial charge in [0, 0.05) is 37.1 Å². The lowest BCUT2D eigenvalue weighted by molar-refractivity contribution is -0.132. The molecule has 0 radical (unpaired) electrons. The molecule has 0 aromatic heterocycles. The number of nitrogens with zero attached hydrogens (tertiary/aromatic N) is 2. The summed E-state index contributed by atoms with van der Waals surface area (Å²) in [5.74, 6) is -1.83. The summed E-state index contributed by atoms with van der Waals surface area (Å²) in [5, 5.41) is 0.335. The van der Waals surface area contributed by atoms with Gasteiger partial charge in [-0.05, 0) is 43.5 Å². The molecule has 10 heteroatoms. The van der Waals surface area contributed by atoms with E-state index in [9.17, 15) is 22.4 Å². The van der Waals surface area contributed by atoms with Crippen LogP contribution in [0.1, 0.15) is 41.6 Å². The smallest absolute Gasteiger partial charge is 0.257 e. The fourth-order valence-electron chi connectivity index (χ4n) is 4.75. The summed E-state index contributed by atoms with van der Waals surface area (Å²) in [7, 11) is -2.50. The van der Waals surface area contributed by atoms with Gasteiger partial charge in [0.15, 0.2) is 5.78 Å². The minimum atomic E-state index is -3.94. The number of carbonyl (C=O) groups is 2. The number of benzene rings is 2. The summed E-state index contributed by atoms with van der Waals surface area (Å²) in [6.07, 6.45) is 1.97. The Bertz CT molecular complexity index is 1220. The van der Waals surface area contributed by atoms with Crippen molar-refractivity contribution in [3.63, 3.8) is 0 Å². The van der Waals surface area contributed by atoms with Crippen molar-refractivity contribution in [1.82, 2.24) is 9.21 Å². The summed E-state index contributed by atoms with van der Waals surface area (Å²) in [5.41, 5.74) is -1.30. The number of rotatable bonds is 5. The summed E-state index contributed by atoms with van der Waals surface area (Å²) >= 11 is 6.45. The van der Waals surface area contributed by atoms with Crippen molar-refractivity contribution in [3.8, 4) is 0 Å². The summed E-state index contributed by atoms with van der Waals surface area (Å²) in [6.45, 7) is 0.870. The number of sulfonamides is 1. The van der Waals surface area contributed by atoms with E-state index in [0.29, 0.717) is 29.8 Å². The van der Waals surface area contributed by atoms with E-state index in [-0.39, 0.29) is 43.4 Å². The molecule has 2 aliphatic rings. The molecule has 2 fully saturated rings. The number of ketones is 1. The van der Waals surface area contributed by atoms with Gasteiger partial charge in [-0.25, -0.2) is 12.8 Å². The van der Waals surface area contributed by atoms with Crippen molar-refractivity contribution >= 4 is 33.3 Å². The van der Waals surface area contributed by atoms with E-state index in [0.717, 1.165) is 18.2 Å². The van der Waals surface area contributed by atoms with E-state index < -0.39 is 32.9 Å². The fraction of sp³-hybridized carbons (Fsp3) is 0.417. The molecule has 1 atom stereocenters. The first-order valence-corrected chi connectivity index (χ1v) is 13.0. The Balaban J connectivity index is 1.76. The van der Waals surface area contributed by atoms with Gasteiger partial charge >= 0.3 is 0 Å². The van der Waals surface area contributed by atoms with Gasteiger partial charge in [-0.3, -0.25) is 9.59 Å². The molecule has 1 amide bonds. The molecule has 0 N–H and O–H groups in total. The number of ether oxygens (including phenoxy) is 1. The number of Topliss-reactive ketones (excluding diaryl/α,β-unsaturated/α-hetero) is 1. The van der Waals surface area contributed by atoms with Crippen LogP contribution < -0.4 is 0 Å². The third kappa shape index (κ3) is 4.26. The van der Waals surface area contributed by atoms with E-state index in [1.807, 2.05) is 0 Å². The zero-order valence-electron chi connectivity index (χ0n) is 18.8. The molecule has 1 saturated carbocycles. The number of hydrogen-bond acceptors (Lipinski definition) is 5. The number of halogens is 2. The highest BCUT2D eigenvalue weighted by Gasteiger charge is 2.48. The van der Waals surface area contributed by atoms with Gasteiger partial charge in [0.1, 0.15) is 11.4 Å². The Morgan fingerprint density at radius 1 is 1.15 bits per heavy atom. The molecule has 0 spiro atoms. The van der Waals surface area contributed by atoms with Crippen LogP contribution in [0.3, 0.4) is 0 Å². The van der Waals surface area contributed by atoms with E-state index in [4.69, 9.17) is 16.3 Å². The maximum absolute atomic E-state index is 14.9. The van der Waals surface area contributed by atoms with E-state index in [1.165, 1.54) is 16.3 Å². The standard InChI is InChI=1S/C24H26ClFN2O5S/c1-27(24(11-5-4-8-22(24)29)19-6-2-3-7-20(19)25)23(30)18-16-17(9-10-21(18)26)34(31,32)28-12-14-33-15-13-28/h2-3,6-7,9-10,16H,4-5,8,11-15H2,1H3. The van der Waals surface area contributed by atoms with Crippen LogP contribution in [-0.4, -0.2) is 62.7 Å². The highest BCUT2D eigenvalue weighted by atomic mass is 35.5. The number of morpholine rings is 1. The second-order valence-electron chi connectivity index (χ2n) is 8.49. The Kier molecular flexibility index (Phi) is 7.09. The molecule has 1 aliphatic heterocycles. The van der Waals surface area contributed by atoms with Gasteiger partial charge < -0.3 is 9.64 Å². The monoisotopic (exact) mass is 508 g/mol. The van der Waals surface area contributed by atoms with Crippen LogP contribution >= 0.6 is 11.6 Å². The predicted octanol–water partition coefficient (Wildman–Crippen LogP) is 3.61. The Labute approximate surface area is 203 Å². The Morgan fingerprint density at radius 2 is 1.85 bits per heavy atom. The molecule has 34 heavy (non-hydrogen) atoms. The summed E-state index contributed by atoms with van der Waals surface area (Å²) in [6, 6.07) is 9.98. The van der Waals surface area contributed by atoms with Crippen LogP contribution in [0, 0.1) is 5.82 Å². The van der Waals surface area contributed by atoms with Crippen molar-refractivity contribution in [2.45, 2.75) is 36.1 Å². The molecule has 2 aromatic rings. The molecule has 1 aliphatic carbocycles. The first kappa shape index (κ1) is 24.8. The molecule has 0 bridgehead atoms. The van der Waals surface area contributed by atoms with Crippen molar-refractivity contribution in [2.75, 3.05) is 33.4 Å². The average molecular weight is 509 g/mol. The summed E-state index contributed by atoms with van der Waals surface area (Å²) in [4.78, 5) is 28.0. The maximum atomic E-state index is 14.9. The van der Waals surface area contributed by atoms with Crippen molar-refractivity contribution in [3.05, 3.63) is 64.4 Å². The molecular formula is C24H26ClFN2O5S. The molecule has 2 aromatic carbocycles. The molecular weight excluding hydrogens is 483 g/mol. The lowest BCUT2D eigenvalue weighted by atomic mass is 9.74. The van der Waals surface area contributed by atoms with Crippen molar-refractivity contribution in [2.24, 2.45) is 0 Å². The molecule has 1 unspecified atom stereocenters. The van der Waals surface area contributed by atoms with Crippen LogP contribution in [0.25, 0.3) is 0 Å². The minimum Gasteiger partial charge on any atom is -0.379 e. The lowest BCUT2D eigenvalue weighted by Crippen LogP contribution is -2.54. The third-order valence-electron chi connectivity index (χ3n) is 6.63. The first-order valence-electron chi connectivity index (χ1n) is 11.1. The molecule has 182 valence electrons. The maximum Gasteiger partial charge on any atom is 0.257 e. The predicted molar refractivity (Wildman–Crippen MR) is 125 cm³/mol. The molecule has 1 saturated heterocycles. The van der Waals surface area contributed by atoms with Crippen LogP contribution in [0.4, 0.5) is 4.39 Å². The molecule has 1 heterocycles. The SMILES string of the molecule is CN(C(=O)c1cc(S(=O)(=O)N2CCOCC2)ccc1F)C1(c2ccccc2Cl)CCCCC1=O. The van der Waals surface area contributed by atoms with Gasteiger partial charge in [0.2, 0.25) is 10.0 Å². The minimum absolute atomic E-state index is 0.174. The second-order valence-corrected chi connectivity index (χ2v) is 10.8. The molecule has 4 rings (SSSR count). The van der Waals surface area contributed by atoms with E-state index in [2.05, 4.69) is 0 Å². The highest BCUT2D eigenvalue weighted by Crippen LogP contribution is 2.43. The van der Waals surface area contributed by atoms with Gasteiger partial charge in [0.05, 0.1) is 23.7 Å². The topological polar surface area (TPSA) is 84.0 Å². The number of likely N-dealkylation sites (N-methyl/N-ethyl adjacent to an activating group) is 1. The lowest BCUT2D eigenvalue weighted by Gasteiger charge is -2.44. The third-order valence-corrected chi connectivity index (χ3v) is 8.85. The fourth-order valence-corrected chi connectivity index (χ4v) is 6.48. The van der Waals surface area contributed by atoms with Gasteiger partial charge in [-0.15, -0.1) is 0 Å². The van der Waals surface area contributed by atoms with Gasteiger partial charge in [-0.1, -0.05) is 29.8 Å². The number of hydrogen-bond donors (Lipinski definition) is 0. The van der Waals surface area contributed by atoms with Gasteiger partial charge in [0.25, 0.3) is 5.91 Å². The van der Waals surface area contributed by atoms with E-state index >= 15 is 0 Å². The van der Waals surface area contributed by atoms with Gasteiger partial charge in [-0.2, -0.15) is 4.31 Å². The molecule has 7 nitrogen and oxygen atoms in total. The van der Waals surface area contributed by atoms with Crippen LogP contribution in [0.5, 0.6) is 0 Å². The zero-order valence-corrected chi connectivity index (χ0v) is 20.4.